The number of piperidine rings is 1. The van der Waals surface area contributed by atoms with Gasteiger partial charge in [0.15, 0.2) is 5.96 Å². The zero-order chi connectivity index (χ0) is 17.8. The zero-order valence-corrected chi connectivity index (χ0v) is 15.9. The highest BCUT2D eigenvalue weighted by atomic mass is 32.2. The number of aliphatic imine (C=N–C) groups is 1. The van der Waals surface area contributed by atoms with E-state index in [-0.39, 0.29) is 11.2 Å². The Labute approximate surface area is 151 Å². The monoisotopic (exact) mass is 363 g/mol. The van der Waals surface area contributed by atoms with Crippen LogP contribution in [0.2, 0.25) is 0 Å². The number of hydrogen-bond donors (Lipinski definition) is 1. The van der Waals surface area contributed by atoms with Crippen LogP contribution in [0.4, 0.5) is 5.69 Å². The van der Waals surface area contributed by atoms with Gasteiger partial charge in [-0.2, -0.15) is 0 Å². The van der Waals surface area contributed by atoms with Crippen LogP contribution in [0.25, 0.3) is 0 Å². The molecule has 25 heavy (non-hydrogen) atoms. The maximum Gasteiger partial charge on any atom is 0.198 e. The Kier molecular flexibility index (Phi) is 5.67. The fourth-order valence-corrected chi connectivity index (χ4v) is 5.29. The molecule has 138 valence electrons. The summed E-state index contributed by atoms with van der Waals surface area (Å²) in [6.07, 6.45) is 8.01. The van der Waals surface area contributed by atoms with Crippen LogP contribution >= 0.6 is 0 Å². The van der Waals surface area contributed by atoms with Gasteiger partial charge in [-0.1, -0.05) is 24.6 Å². The second-order valence-electron chi connectivity index (χ2n) is 7.60. The van der Waals surface area contributed by atoms with Crippen molar-refractivity contribution in [3.63, 3.8) is 0 Å². The van der Waals surface area contributed by atoms with Gasteiger partial charge in [0.2, 0.25) is 0 Å². The number of likely N-dealkylation sites (tertiary alicyclic amines) is 1. The minimum absolute atomic E-state index is 0.160. The molecule has 0 bridgehead atoms. The van der Waals surface area contributed by atoms with E-state index in [1.165, 1.54) is 25.5 Å². The molecule has 0 unspecified atom stereocenters. The smallest absolute Gasteiger partial charge is 0.198 e. The van der Waals surface area contributed by atoms with Crippen molar-refractivity contribution in [3.8, 4) is 0 Å². The Balaban J connectivity index is 1.76. The quantitative estimate of drug-likeness (QED) is 0.645. The third-order valence-corrected chi connectivity index (χ3v) is 6.37. The van der Waals surface area contributed by atoms with Crippen molar-refractivity contribution in [1.82, 2.24) is 4.90 Å². The SMILES string of the molecule is CS(=O)(=O)CC1(CN=C(Nc2ccccc2)N2CCCCC2)CCC1. The third-order valence-electron chi connectivity index (χ3n) is 5.23. The highest BCUT2D eigenvalue weighted by Gasteiger charge is 2.40. The Hall–Kier alpha value is -1.56. The summed E-state index contributed by atoms with van der Waals surface area (Å²) >= 11 is 0. The van der Waals surface area contributed by atoms with Crippen LogP contribution in [0, 0.1) is 5.41 Å². The zero-order valence-electron chi connectivity index (χ0n) is 15.1. The molecule has 1 aliphatic carbocycles. The first-order valence-electron chi connectivity index (χ1n) is 9.25. The summed E-state index contributed by atoms with van der Waals surface area (Å²) in [7, 11) is -2.98. The third kappa shape index (κ3) is 5.21. The summed E-state index contributed by atoms with van der Waals surface area (Å²) < 4.78 is 23.6. The summed E-state index contributed by atoms with van der Waals surface area (Å²) in [4.78, 5) is 7.20. The van der Waals surface area contributed by atoms with Crippen LogP contribution in [-0.2, 0) is 9.84 Å². The molecule has 2 fully saturated rings. The summed E-state index contributed by atoms with van der Waals surface area (Å²) in [5, 5.41) is 3.46. The van der Waals surface area contributed by atoms with Crippen LogP contribution in [0.1, 0.15) is 38.5 Å². The molecule has 2 aliphatic rings. The lowest BCUT2D eigenvalue weighted by Crippen LogP contribution is -2.43. The van der Waals surface area contributed by atoms with E-state index in [1.807, 2.05) is 30.3 Å². The molecule has 6 heteroatoms. The number of hydrogen-bond acceptors (Lipinski definition) is 3. The molecule has 1 N–H and O–H groups in total. The first kappa shape index (κ1) is 18.2. The summed E-state index contributed by atoms with van der Waals surface area (Å²) in [5.41, 5.74) is 0.866. The molecule has 3 rings (SSSR count). The van der Waals surface area contributed by atoms with E-state index < -0.39 is 9.84 Å². The van der Waals surface area contributed by atoms with Gasteiger partial charge in [0.25, 0.3) is 0 Å². The van der Waals surface area contributed by atoms with Gasteiger partial charge in [0, 0.05) is 37.0 Å². The van der Waals surface area contributed by atoms with E-state index >= 15 is 0 Å². The number of para-hydroxylation sites is 1. The van der Waals surface area contributed by atoms with E-state index in [9.17, 15) is 8.42 Å². The fraction of sp³-hybridized carbons (Fsp3) is 0.632. The average molecular weight is 364 g/mol. The maximum absolute atomic E-state index is 11.8. The number of guanidine groups is 1. The van der Waals surface area contributed by atoms with Crippen LogP contribution < -0.4 is 5.32 Å². The lowest BCUT2D eigenvalue weighted by atomic mass is 9.70. The molecule has 1 aromatic rings. The van der Waals surface area contributed by atoms with Gasteiger partial charge in [-0.25, -0.2) is 8.42 Å². The summed E-state index contributed by atoms with van der Waals surface area (Å²) in [5.74, 6) is 1.15. The predicted octanol–water partition coefficient (Wildman–Crippen LogP) is 3.16. The van der Waals surface area contributed by atoms with Gasteiger partial charge in [0.1, 0.15) is 9.84 Å². The molecule has 1 saturated carbocycles. The van der Waals surface area contributed by atoms with Crippen molar-refractivity contribution in [1.29, 1.82) is 0 Å². The predicted molar refractivity (Wildman–Crippen MR) is 104 cm³/mol. The van der Waals surface area contributed by atoms with Crippen molar-refractivity contribution < 1.29 is 8.42 Å². The first-order chi connectivity index (χ1) is 12.0. The van der Waals surface area contributed by atoms with E-state index in [2.05, 4.69) is 10.2 Å². The Bertz CT molecular complexity index is 691. The number of nitrogens with one attached hydrogen (secondary N) is 1. The van der Waals surface area contributed by atoms with Crippen LogP contribution in [0.15, 0.2) is 35.3 Å². The molecule has 0 amide bonds. The molecule has 1 saturated heterocycles. The highest BCUT2D eigenvalue weighted by molar-refractivity contribution is 7.90. The standard InChI is InChI=1S/C19H29N3O2S/c1-25(23,24)16-19(11-8-12-19)15-20-18(22-13-6-3-7-14-22)21-17-9-4-2-5-10-17/h2,4-5,9-10H,3,6-8,11-16H2,1H3,(H,20,21). The van der Waals surface area contributed by atoms with Gasteiger partial charge in [-0.3, -0.25) is 4.99 Å². The second-order valence-corrected chi connectivity index (χ2v) is 9.74. The highest BCUT2D eigenvalue weighted by Crippen LogP contribution is 2.42. The van der Waals surface area contributed by atoms with Crippen molar-refractivity contribution >= 4 is 21.5 Å². The van der Waals surface area contributed by atoms with Crippen molar-refractivity contribution in [3.05, 3.63) is 30.3 Å². The average Bonchev–Trinajstić information content (AvgIpc) is 2.56. The lowest BCUT2D eigenvalue weighted by Gasteiger charge is -2.40. The van der Waals surface area contributed by atoms with Crippen LogP contribution in [-0.4, -0.2) is 50.9 Å². The molecule has 0 aromatic heterocycles. The number of nitrogens with zero attached hydrogens (tertiary/aromatic N) is 2. The molecule has 0 spiro atoms. The van der Waals surface area contributed by atoms with Gasteiger partial charge in [-0.05, 0) is 44.2 Å². The van der Waals surface area contributed by atoms with Crippen molar-refractivity contribution in [2.75, 3.05) is 37.0 Å². The van der Waals surface area contributed by atoms with Crippen LogP contribution in [0.3, 0.4) is 0 Å². The Morgan fingerprint density at radius 3 is 2.36 bits per heavy atom. The molecule has 5 nitrogen and oxygen atoms in total. The van der Waals surface area contributed by atoms with E-state index in [0.29, 0.717) is 6.54 Å². The normalized spacial score (nSPS) is 20.8. The number of rotatable bonds is 5. The van der Waals surface area contributed by atoms with Gasteiger partial charge in [-0.15, -0.1) is 0 Å². The topological polar surface area (TPSA) is 61.8 Å². The van der Waals surface area contributed by atoms with Gasteiger partial charge < -0.3 is 10.2 Å². The largest absolute Gasteiger partial charge is 0.343 e. The Morgan fingerprint density at radius 2 is 1.80 bits per heavy atom. The van der Waals surface area contributed by atoms with Crippen molar-refractivity contribution in [2.24, 2.45) is 10.4 Å². The minimum Gasteiger partial charge on any atom is -0.343 e. The number of benzene rings is 1. The van der Waals surface area contributed by atoms with Crippen molar-refractivity contribution in [2.45, 2.75) is 38.5 Å². The molecular weight excluding hydrogens is 334 g/mol. The molecule has 0 radical (unpaired) electrons. The first-order valence-corrected chi connectivity index (χ1v) is 11.3. The van der Waals surface area contributed by atoms with Crippen LogP contribution in [0.5, 0.6) is 0 Å². The fourth-order valence-electron chi connectivity index (χ4n) is 3.80. The van der Waals surface area contributed by atoms with E-state index in [0.717, 1.165) is 44.0 Å². The Morgan fingerprint density at radius 1 is 1.12 bits per heavy atom. The number of anilines is 1. The molecule has 1 aliphatic heterocycles. The van der Waals surface area contributed by atoms with Gasteiger partial charge >= 0.3 is 0 Å². The summed E-state index contributed by atoms with van der Waals surface area (Å²) in [6.45, 7) is 2.61. The molecule has 1 heterocycles. The number of sulfone groups is 1. The lowest BCUT2D eigenvalue weighted by molar-refractivity contribution is 0.176. The summed E-state index contributed by atoms with van der Waals surface area (Å²) in [6, 6.07) is 10.1. The minimum atomic E-state index is -2.98. The maximum atomic E-state index is 11.8. The van der Waals surface area contributed by atoms with Gasteiger partial charge in [0.05, 0.1) is 5.75 Å². The molecule has 0 atom stereocenters. The second kappa shape index (κ2) is 7.77. The van der Waals surface area contributed by atoms with E-state index in [1.54, 1.807) is 0 Å². The molecular formula is C19H29N3O2S. The molecule has 1 aromatic carbocycles. The van der Waals surface area contributed by atoms with E-state index in [4.69, 9.17) is 4.99 Å².